The Hall–Kier alpha value is -2.14. The molecule has 1 fully saturated rings. The second-order valence-corrected chi connectivity index (χ2v) is 8.37. The molecule has 5 nitrogen and oxygen atoms in total. The highest BCUT2D eigenvalue weighted by Crippen LogP contribution is 2.22. The molecular weight excluding hydrogens is 340 g/mol. The van der Waals surface area contributed by atoms with Crippen molar-refractivity contribution in [3.8, 4) is 0 Å². The first-order valence-electron chi connectivity index (χ1n) is 9.73. The lowest BCUT2D eigenvalue weighted by molar-refractivity contribution is 0.0106. The van der Waals surface area contributed by atoms with Gasteiger partial charge in [0.25, 0.3) is 0 Å². The zero-order valence-electron chi connectivity index (χ0n) is 16.8. The molecule has 0 radical (unpaired) electrons. The van der Waals surface area contributed by atoms with Crippen molar-refractivity contribution < 1.29 is 14.3 Å². The van der Waals surface area contributed by atoms with E-state index in [1.165, 1.54) is 5.56 Å². The number of fused-ring (bicyclic) bond motifs is 1. The number of pyridine rings is 1. The van der Waals surface area contributed by atoms with Gasteiger partial charge in [0.15, 0.2) is 0 Å². The maximum atomic E-state index is 12.1. The lowest BCUT2D eigenvalue weighted by atomic mass is 9.98. The Morgan fingerprint density at radius 2 is 1.93 bits per heavy atom. The molecule has 0 unspecified atom stereocenters. The van der Waals surface area contributed by atoms with Gasteiger partial charge in [0.1, 0.15) is 5.60 Å². The van der Waals surface area contributed by atoms with E-state index in [2.05, 4.69) is 17.1 Å². The SMILES string of the molecule is Cc1cc(COCC2CCN(C(=O)OC(C)(C)C)CC2)c2ccccc2n1. The summed E-state index contributed by atoms with van der Waals surface area (Å²) in [5.74, 6) is 0.484. The number of benzene rings is 1. The van der Waals surface area contributed by atoms with Crippen molar-refractivity contribution in [2.45, 2.75) is 52.7 Å². The van der Waals surface area contributed by atoms with Crippen LogP contribution in [-0.2, 0) is 16.1 Å². The molecule has 2 heterocycles. The molecule has 1 amide bonds. The van der Waals surface area contributed by atoms with Crippen molar-refractivity contribution in [2.75, 3.05) is 19.7 Å². The molecule has 1 aliphatic rings. The van der Waals surface area contributed by atoms with Gasteiger partial charge in [-0.1, -0.05) is 18.2 Å². The van der Waals surface area contributed by atoms with Gasteiger partial charge in [-0.15, -0.1) is 0 Å². The molecule has 0 aliphatic carbocycles. The van der Waals surface area contributed by atoms with Crippen LogP contribution >= 0.6 is 0 Å². The molecule has 2 aromatic rings. The number of hydrogen-bond acceptors (Lipinski definition) is 4. The lowest BCUT2D eigenvalue weighted by Gasteiger charge is -2.33. The van der Waals surface area contributed by atoms with E-state index in [4.69, 9.17) is 9.47 Å². The minimum absolute atomic E-state index is 0.208. The maximum absolute atomic E-state index is 12.1. The number of aryl methyl sites for hydroxylation is 1. The highest BCUT2D eigenvalue weighted by molar-refractivity contribution is 5.82. The molecule has 0 atom stereocenters. The fourth-order valence-corrected chi connectivity index (χ4v) is 3.46. The summed E-state index contributed by atoms with van der Waals surface area (Å²) in [6, 6.07) is 10.3. The monoisotopic (exact) mass is 370 g/mol. The van der Waals surface area contributed by atoms with Gasteiger partial charge in [-0.3, -0.25) is 4.98 Å². The summed E-state index contributed by atoms with van der Waals surface area (Å²) in [5, 5.41) is 1.16. The second-order valence-electron chi connectivity index (χ2n) is 8.37. The van der Waals surface area contributed by atoms with Crippen LogP contribution in [0.2, 0.25) is 0 Å². The fourth-order valence-electron chi connectivity index (χ4n) is 3.46. The van der Waals surface area contributed by atoms with Crippen molar-refractivity contribution >= 4 is 17.0 Å². The molecule has 1 aromatic carbocycles. The summed E-state index contributed by atoms with van der Waals surface area (Å²) < 4.78 is 11.5. The number of carbonyl (C=O) groups excluding carboxylic acids is 1. The van der Waals surface area contributed by atoms with Crippen LogP contribution in [0.25, 0.3) is 10.9 Å². The van der Waals surface area contributed by atoms with Gasteiger partial charge in [-0.05, 0) is 64.2 Å². The van der Waals surface area contributed by atoms with Crippen molar-refractivity contribution in [3.05, 3.63) is 41.6 Å². The summed E-state index contributed by atoms with van der Waals surface area (Å²) in [4.78, 5) is 18.5. The number of nitrogens with zero attached hydrogens (tertiary/aromatic N) is 2. The first-order chi connectivity index (χ1) is 12.8. The molecule has 27 heavy (non-hydrogen) atoms. The van der Waals surface area contributed by atoms with Gasteiger partial charge < -0.3 is 14.4 Å². The first kappa shape index (κ1) is 19.6. The molecule has 0 N–H and O–H groups in total. The van der Waals surface area contributed by atoms with E-state index in [-0.39, 0.29) is 6.09 Å². The highest BCUT2D eigenvalue weighted by atomic mass is 16.6. The van der Waals surface area contributed by atoms with Gasteiger partial charge in [0.05, 0.1) is 12.1 Å². The predicted molar refractivity (Wildman–Crippen MR) is 107 cm³/mol. The Morgan fingerprint density at radius 3 is 2.63 bits per heavy atom. The number of rotatable bonds is 4. The Kier molecular flexibility index (Phi) is 6.00. The van der Waals surface area contributed by atoms with E-state index in [1.54, 1.807) is 0 Å². The average Bonchev–Trinajstić information content (AvgIpc) is 2.60. The summed E-state index contributed by atoms with van der Waals surface area (Å²) in [5.41, 5.74) is 2.77. The number of likely N-dealkylation sites (tertiary alicyclic amines) is 1. The van der Waals surface area contributed by atoms with Crippen LogP contribution in [0.1, 0.15) is 44.9 Å². The fraction of sp³-hybridized carbons (Fsp3) is 0.545. The Bertz CT molecular complexity index is 790. The largest absolute Gasteiger partial charge is 0.444 e. The van der Waals surface area contributed by atoms with Crippen LogP contribution < -0.4 is 0 Å². The summed E-state index contributed by atoms with van der Waals surface area (Å²) in [6.07, 6.45) is 1.70. The number of hydrogen-bond donors (Lipinski definition) is 0. The molecule has 0 saturated carbocycles. The zero-order chi connectivity index (χ0) is 19.4. The highest BCUT2D eigenvalue weighted by Gasteiger charge is 2.26. The summed E-state index contributed by atoms with van der Waals surface area (Å²) >= 11 is 0. The Labute approximate surface area is 161 Å². The third kappa shape index (κ3) is 5.42. The van der Waals surface area contributed by atoms with E-state index in [9.17, 15) is 4.79 Å². The van der Waals surface area contributed by atoms with E-state index in [1.807, 2.05) is 50.8 Å². The van der Waals surface area contributed by atoms with Gasteiger partial charge >= 0.3 is 6.09 Å². The number of ether oxygens (including phenoxy) is 2. The third-order valence-corrected chi connectivity index (χ3v) is 4.81. The number of amides is 1. The van der Waals surface area contributed by atoms with Gasteiger partial charge in [-0.2, -0.15) is 0 Å². The van der Waals surface area contributed by atoms with Crippen molar-refractivity contribution in [1.29, 1.82) is 0 Å². The number of para-hydroxylation sites is 1. The topological polar surface area (TPSA) is 51.7 Å². The first-order valence-corrected chi connectivity index (χ1v) is 9.73. The van der Waals surface area contributed by atoms with Gasteiger partial charge in [0, 0.05) is 30.8 Å². The van der Waals surface area contributed by atoms with E-state index in [0.29, 0.717) is 12.5 Å². The number of carbonyl (C=O) groups is 1. The smallest absolute Gasteiger partial charge is 0.410 e. The van der Waals surface area contributed by atoms with E-state index < -0.39 is 5.60 Å². The minimum atomic E-state index is -0.442. The minimum Gasteiger partial charge on any atom is -0.444 e. The number of piperidine rings is 1. The molecule has 1 aliphatic heterocycles. The van der Waals surface area contributed by atoms with Crippen molar-refractivity contribution in [1.82, 2.24) is 9.88 Å². The third-order valence-electron chi connectivity index (χ3n) is 4.81. The van der Waals surface area contributed by atoms with Crippen LogP contribution in [0.15, 0.2) is 30.3 Å². The molecule has 1 saturated heterocycles. The maximum Gasteiger partial charge on any atom is 0.410 e. The van der Waals surface area contributed by atoms with Crippen molar-refractivity contribution in [2.24, 2.45) is 5.92 Å². The molecule has 146 valence electrons. The number of aromatic nitrogens is 1. The predicted octanol–water partition coefficient (Wildman–Crippen LogP) is 4.71. The van der Waals surface area contributed by atoms with E-state index >= 15 is 0 Å². The average molecular weight is 370 g/mol. The standard InChI is InChI=1S/C22H30N2O3/c1-16-13-18(19-7-5-6-8-20(19)23-16)15-26-14-17-9-11-24(12-10-17)21(25)27-22(2,3)4/h5-8,13,17H,9-12,14-15H2,1-4H3. The van der Waals surface area contributed by atoms with Crippen molar-refractivity contribution in [3.63, 3.8) is 0 Å². The van der Waals surface area contributed by atoms with Crippen LogP contribution in [0.5, 0.6) is 0 Å². The summed E-state index contributed by atoms with van der Waals surface area (Å²) in [7, 11) is 0. The van der Waals surface area contributed by atoms with Crippen LogP contribution in [-0.4, -0.2) is 41.3 Å². The zero-order valence-corrected chi connectivity index (χ0v) is 16.8. The Balaban J connectivity index is 1.48. The van der Waals surface area contributed by atoms with Crippen LogP contribution in [0.4, 0.5) is 4.79 Å². The molecule has 0 bridgehead atoms. The Morgan fingerprint density at radius 1 is 1.22 bits per heavy atom. The van der Waals surface area contributed by atoms with Gasteiger partial charge in [0.2, 0.25) is 0 Å². The molecule has 5 heteroatoms. The van der Waals surface area contributed by atoms with Gasteiger partial charge in [-0.25, -0.2) is 4.79 Å². The molecule has 3 rings (SSSR count). The normalized spacial score (nSPS) is 15.9. The van der Waals surface area contributed by atoms with Crippen LogP contribution in [0, 0.1) is 12.8 Å². The summed E-state index contributed by atoms with van der Waals surface area (Å²) in [6.45, 7) is 10.5. The molecule has 0 spiro atoms. The molecule has 1 aromatic heterocycles. The van der Waals surface area contributed by atoms with Crippen LogP contribution in [0.3, 0.4) is 0 Å². The van der Waals surface area contributed by atoms with E-state index in [0.717, 1.165) is 49.1 Å². The quantitative estimate of drug-likeness (QED) is 0.782. The lowest BCUT2D eigenvalue weighted by Crippen LogP contribution is -2.42. The second kappa shape index (κ2) is 8.26. The molecular formula is C22H30N2O3.